The van der Waals surface area contributed by atoms with Crippen molar-refractivity contribution in [2.24, 2.45) is 0 Å². The standard InChI is InChI=1S/C5H6INO3/c1-3(8)7-4(2-6)5(9)10/h2H,1H3,(H,7,8)(H,9,10)/b4-2-. The number of carbonyl (C=O) groups is 2. The SMILES string of the molecule is CC(=O)N/C(=C\I)C(=O)O. The maximum atomic E-state index is 10.3. The lowest BCUT2D eigenvalue weighted by Crippen LogP contribution is -2.24. The van der Waals surface area contributed by atoms with E-state index in [9.17, 15) is 9.59 Å². The van der Waals surface area contributed by atoms with Gasteiger partial charge in [0.15, 0.2) is 0 Å². The Morgan fingerprint density at radius 3 is 2.20 bits per heavy atom. The van der Waals surface area contributed by atoms with Gasteiger partial charge in [0.25, 0.3) is 0 Å². The topological polar surface area (TPSA) is 66.4 Å². The lowest BCUT2D eigenvalue weighted by molar-refractivity contribution is -0.134. The molecule has 0 saturated carbocycles. The summed E-state index contributed by atoms with van der Waals surface area (Å²) in [5, 5.41) is 10.5. The third-order valence-electron chi connectivity index (χ3n) is 0.650. The molecule has 0 fully saturated rings. The van der Waals surface area contributed by atoms with Crippen LogP contribution in [0.2, 0.25) is 0 Å². The van der Waals surface area contributed by atoms with E-state index in [-0.39, 0.29) is 11.6 Å². The molecule has 0 aromatic carbocycles. The lowest BCUT2D eigenvalue weighted by Gasteiger charge is -1.98. The molecule has 0 radical (unpaired) electrons. The van der Waals surface area contributed by atoms with Crippen LogP contribution in [0.4, 0.5) is 0 Å². The van der Waals surface area contributed by atoms with Gasteiger partial charge in [-0.2, -0.15) is 0 Å². The average Bonchev–Trinajstić information content (AvgIpc) is 1.81. The van der Waals surface area contributed by atoms with Gasteiger partial charge in [0.1, 0.15) is 5.70 Å². The number of rotatable bonds is 2. The van der Waals surface area contributed by atoms with Gasteiger partial charge in [-0.3, -0.25) is 4.79 Å². The highest BCUT2D eigenvalue weighted by Gasteiger charge is 2.05. The van der Waals surface area contributed by atoms with E-state index in [4.69, 9.17) is 5.11 Å². The van der Waals surface area contributed by atoms with E-state index in [1.165, 1.54) is 11.0 Å². The highest BCUT2D eigenvalue weighted by molar-refractivity contribution is 14.1. The fourth-order valence-corrected chi connectivity index (χ4v) is 0.739. The maximum Gasteiger partial charge on any atom is 0.352 e. The van der Waals surface area contributed by atoms with Crippen molar-refractivity contribution >= 4 is 34.5 Å². The molecule has 0 atom stereocenters. The number of carboxylic acid groups (broad SMARTS) is 1. The molecule has 0 rings (SSSR count). The van der Waals surface area contributed by atoms with E-state index in [0.717, 1.165) is 0 Å². The van der Waals surface area contributed by atoms with Gasteiger partial charge < -0.3 is 10.4 Å². The van der Waals surface area contributed by atoms with Crippen LogP contribution < -0.4 is 5.32 Å². The first-order valence-corrected chi connectivity index (χ1v) is 3.63. The molecule has 0 aromatic rings. The summed E-state index contributed by atoms with van der Waals surface area (Å²) in [4.78, 5) is 20.5. The molecule has 0 spiro atoms. The molecule has 4 nitrogen and oxygen atoms in total. The first-order chi connectivity index (χ1) is 4.57. The minimum atomic E-state index is -1.13. The summed E-state index contributed by atoms with van der Waals surface area (Å²) < 4.78 is 1.29. The molecule has 0 unspecified atom stereocenters. The van der Waals surface area contributed by atoms with E-state index >= 15 is 0 Å². The van der Waals surface area contributed by atoms with Crippen molar-refractivity contribution in [1.82, 2.24) is 5.32 Å². The monoisotopic (exact) mass is 255 g/mol. The normalized spacial score (nSPS) is 10.8. The fourth-order valence-electron chi connectivity index (χ4n) is 0.317. The minimum absolute atomic E-state index is 0.104. The summed E-state index contributed by atoms with van der Waals surface area (Å²) in [5.41, 5.74) is -0.104. The molecular formula is C5H6INO3. The predicted molar refractivity (Wildman–Crippen MR) is 43.6 cm³/mol. The van der Waals surface area contributed by atoms with Gasteiger partial charge >= 0.3 is 5.97 Å². The van der Waals surface area contributed by atoms with E-state index in [1.807, 2.05) is 0 Å². The van der Waals surface area contributed by atoms with Gasteiger partial charge in [-0.05, 0) is 0 Å². The summed E-state index contributed by atoms with van der Waals surface area (Å²) >= 11 is 1.74. The summed E-state index contributed by atoms with van der Waals surface area (Å²) in [6, 6.07) is 0. The lowest BCUT2D eigenvalue weighted by atomic mass is 10.5. The van der Waals surface area contributed by atoms with Gasteiger partial charge in [0, 0.05) is 11.0 Å². The van der Waals surface area contributed by atoms with Gasteiger partial charge in [-0.1, -0.05) is 22.6 Å². The number of hydrogen-bond donors (Lipinski definition) is 2. The van der Waals surface area contributed by atoms with E-state index in [2.05, 4.69) is 5.32 Å². The Morgan fingerprint density at radius 2 is 2.10 bits per heavy atom. The Morgan fingerprint density at radius 1 is 1.60 bits per heavy atom. The Balaban J connectivity index is 4.12. The van der Waals surface area contributed by atoms with Crippen LogP contribution in [0, 0.1) is 0 Å². The molecule has 0 aliphatic carbocycles. The minimum Gasteiger partial charge on any atom is -0.477 e. The fraction of sp³-hybridized carbons (Fsp3) is 0.200. The number of halogens is 1. The number of carbonyl (C=O) groups excluding carboxylic acids is 1. The largest absolute Gasteiger partial charge is 0.477 e. The van der Waals surface area contributed by atoms with Crippen molar-refractivity contribution in [3.63, 3.8) is 0 Å². The summed E-state index contributed by atoms with van der Waals surface area (Å²) in [5.74, 6) is -1.52. The summed E-state index contributed by atoms with van der Waals surface area (Å²) in [6.07, 6.45) is 0. The second-order valence-corrected chi connectivity index (χ2v) is 2.13. The quantitative estimate of drug-likeness (QED) is 0.557. The van der Waals surface area contributed by atoms with Crippen molar-refractivity contribution < 1.29 is 14.7 Å². The van der Waals surface area contributed by atoms with Crippen molar-refractivity contribution in [2.75, 3.05) is 0 Å². The second-order valence-electron chi connectivity index (χ2n) is 1.51. The van der Waals surface area contributed by atoms with Crippen LogP contribution in [-0.2, 0) is 9.59 Å². The number of hydrogen-bond acceptors (Lipinski definition) is 2. The Kier molecular flexibility index (Phi) is 4.01. The van der Waals surface area contributed by atoms with Gasteiger partial charge in [-0.25, -0.2) is 4.79 Å². The Labute approximate surface area is 71.4 Å². The van der Waals surface area contributed by atoms with Gasteiger partial charge in [0.05, 0.1) is 0 Å². The zero-order chi connectivity index (χ0) is 8.15. The van der Waals surface area contributed by atoms with Gasteiger partial charge in [-0.15, -0.1) is 0 Å². The Bertz CT molecular complexity index is 187. The molecule has 0 aliphatic rings. The van der Waals surface area contributed by atoms with Crippen molar-refractivity contribution in [3.05, 3.63) is 9.78 Å². The first kappa shape index (κ1) is 9.41. The van der Waals surface area contributed by atoms with Crippen LogP contribution >= 0.6 is 22.6 Å². The van der Waals surface area contributed by atoms with Gasteiger partial charge in [0.2, 0.25) is 5.91 Å². The van der Waals surface area contributed by atoms with Crippen LogP contribution in [0.5, 0.6) is 0 Å². The molecule has 2 N–H and O–H groups in total. The number of aliphatic carboxylic acids is 1. The first-order valence-electron chi connectivity index (χ1n) is 2.39. The van der Waals surface area contributed by atoms with Crippen LogP contribution in [0.15, 0.2) is 9.78 Å². The zero-order valence-corrected chi connectivity index (χ0v) is 7.38. The van der Waals surface area contributed by atoms with E-state index in [1.54, 1.807) is 22.6 Å². The number of carboxylic acids is 1. The molecule has 0 heterocycles. The zero-order valence-electron chi connectivity index (χ0n) is 5.22. The van der Waals surface area contributed by atoms with Crippen molar-refractivity contribution in [3.8, 4) is 0 Å². The molecule has 5 heteroatoms. The third kappa shape index (κ3) is 3.44. The summed E-state index contributed by atoms with van der Waals surface area (Å²) in [6.45, 7) is 1.25. The van der Waals surface area contributed by atoms with Crippen molar-refractivity contribution in [2.45, 2.75) is 6.92 Å². The number of nitrogens with one attached hydrogen (secondary N) is 1. The second kappa shape index (κ2) is 4.26. The molecule has 56 valence electrons. The molecule has 10 heavy (non-hydrogen) atoms. The van der Waals surface area contributed by atoms with E-state index in [0.29, 0.717) is 0 Å². The van der Waals surface area contributed by atoms with Crippen LogP contribution in [0.1, 0.15) is 6.92 Å². The van der Waals surface area contributed by atoms with Crippen LogP contribution in [-0.4, -0.2) is 17.0 Å². The van der Waals surface area contributed by atoms with Crippen LogP contribution in [0.3, 0.4) is 0 Å². The van der Waals surface area contributed by atoms with E-state index < -0.39 is 5.97 Å². The molecular weight excluding hydrogens is 249 g/mol. The highest BCUT2D eigenvalue weighted by atomic mass is 127. The molecule has 0 aliphatic heterocycles. The van der Waals surface area contributed by atoms with Crippen molar-refractivity contribution in [1.29, 1.82) is 0 Å². The average molecular weight is 255 g/mol. The molecule has 1 amide bonds. The van der Waals surface area contributed by atoms with Crippen LogP contribution in [0.25, 0.3) is 0 Å². The Hall–Kier alpha value is -0.590. The highest BCUT2D eigenvalue weighted by Crippen LogP contribution is 1.94. The molecule has 0 aromatic heterocycles. The third-order valence-corrected chi connectivity index (χ3v) is 1.27. The maximum absolute atomic E-state index is 10.3. The summed E-state index contributed by atoms with van der Waals surface area (Å²) in [7, 11) is 0. The smallest absolute Gasteiger partial charge is 0.352 e. The number of amides is 1. The predicted octanol–water partition coefficient (Wildman–Crippen LogP) is 0.484. The molecule has 0 saturated heterocycles. The molecule has 0 bridgehead atoms.